The number of nitrogens with zero attached hydrogens (tertiary/aromatic N) is 3. The maximum atomic E-state index is 5.42. The van der Waals surface area contributed by atoms with Crippen LogP contribution in [-0.2, 0) is 6.54 Å². The molecule has 0 aliphatic heterocycles. The Labute approximate surface area is 136 Å². The van der Waals surface area contributed by atoms with Gasteiger partial charge in [0, 0.05) is 23.9 Å². The molecule has 3 rings (SSSR count). The molecule has 0 radical (unpaired) electrons. The van der Waals surface area contributed by atoms with Crippen molar-refractivity contribution in [3.05, 3.63) is 60.1 Å². The molecule has 2 atom stereocenters. The summed E-state index contributed by atoms with van der Waals surface area (Å²) in [7, 11) is 0. The zero-order valence-electron chi connectivity index (χ0n) is 13.7. The second-order valence-electron chi connectivity index (χ2n) is 5.95. The van der Waals surface area contributed by atoms with Crippen LogP contribution in [0, 0.1) is 6.92 Å². The topological polar surface area (TPSA) is 55.9 Å². The SMILES string of the molecule is Cc1cnn(C(C)C(C)NCc2cc(-c3ccccc3)no2)c1. The summed E-state index contributed by atoms with van der Waals surface area (Å²) < 4.78 is 7.41. The molecule has 3 aromatic rings. The van der Waals surface area contributed by atoms with Crippen LogP contribution < -0.4 is 5.32 Å². The van der Waals surface area contributed by atoms with E-state index in [0.717, 1.165) is 17.0 Å². The van der Waals surface area contributed by atoms with Gasteiger partial charge in [0.2, 0.25) is 0 Å². The summed E-state index contributed by atoms with van der Waals surface area (Å²) in [5.74, 6) is 0.833. The van der Waals surface area contributed by atoms with Crippen molar-refractivity contribution < 1.29 is 4.52 Å². The van der Waals surface area contributed by atoms with E-state index in [1.807, 2.05) is 54.2 Å². The van der Waals surface area contributed by atoms with Gasteiger partial charge in [0.15, 0.2) is 5.76 Å². The van der Waals surface area contributed by atoms with Gasteiger partial charge in [-0.25, -0.2) is 0 Å². The lowest BCUT2D eigenvalue weighted by atomic mass is 10.1. The fourth-order valence-electron chi connectivity index (χ4n) is 2.46. The van der Waals surface area contributed by atoms with Crippen LogP contribution in [0.2, 0.25) is 0 Å². The van der Waals surface area contributed by atoms with Crippen molar-refractivity contribution in [2.45, 2.75) is 39.4 Å². The van der Waals surface area contributed by atoms with Gasteiger partial charge >= 0.3 is 0 Å². The average molecular weight is 310 g/mol. The first-order chi connectivity index (χ1) is 11.1. The molecule has 2 aromatic heterocycles. The van der Waals surface area contributed by atoms with Crippen molar-refractivity contribution in [1.29, 1.82) is 0 Å². The highest BCUT2D eigenvalue weighted by Gasteiger charge is 2.15. The van der Waals surface area contributed by atoms with Crippen molar-refractivity contribution in [2.24, 2.45) is 0 Å². The molecule has 0 amide bonds. The molecule has 1 aromatic carbocycles. The first-order valence-electron chi connectivity index (χ1n) is 7.88. The molecule has 0 aliphatic carbocycles. The van der Waals surface area contributed by atoms with Crippen molar-refractivity contribution in [2.75, 3.05) is 0 Å². The number of hydrogen-bond acceptors (Lipinski definition) is 4. The highest BCUT2D eigenvalue weighted by molar-refractivity contribution is 5.58. The predicted octanol–water partition coefficient (Wildman–Crippen LogP) is 3.59. The van der Waals surface area contributed by atoms with Crippen LogP contribution in [0.1, 0.15) is 31.2 Å². The van der Waals surface area contributed by atoms with Gasteiger partial charge in [-0.2, -0.15) is 5.10 Å². The van der Waals surface area contributed by atoms with E-state index in [-0.39, 0.29) is 12.1 Å². The standard InChI is InChI=1S/C18H22N4O/c1-13-10-20-22(12-13)15(3)14(2)19-11-17-9-18(21-23-17)16-7-5-4-6-8-16/h4-10,12,14-15,19H,11H2,1-3H3. The van der Waals surface area contributed by atoms with Gasteiger partial charge in [-0.15, -0.1) is 0 Å². The van der Waals surface area contributed by atoms with E-state index in [2.05, 4.69) is 35.6 Å². The molecule has 5 nitrogen and oxygen atoms in total. The van der Waals surface area contributed by atoms with E-state index in [1.165, 1.54) is 5.56 Å². The van der Waals surface area contributed by atoms with Crippen LogP contribution in [0.5, 0.6) is 0 Å². The third-order valence-electron chi connectivity index (χ3n) is 4.10. The van der Waals surface area contributed by atoms with E-state index in [9.17, 15) is 0 Å². The number of benzene rings is 1. The fourth-order valence-corrected chi connectivity index (χ4v) is 2.46. The molecule has 23 heavy (non-hydrogen) atoms. The summed E-state index contributed by atoms with van der Waals surface area (Å²) in [6.45, 7) is 7.00. The van der Waals surface area contributed by atoms with Crippen LogP contribution in [0.3, 0.4) is 0 Å². The summed E-state index contributed by atoms with van der Waals surface area (Å²) >= 11 is 0. The first-order valence-corrected chi connectivity index (χ1v) is 7.88. The molecule has 0 saturated carbocycles. The molecule has 0 spiro atoms. The molecule has 2 heterocycles. The largest absolute Gasteiger partial charge is 0.359 e. The highest BCUT2D eigenvalue weighted by atomic mass is 16.5. The normalized spacial score (nSPS) is 13.9. The van der Waals surface area contributed by atoms with Crippen molar-refractivity contribution >= 4 is 0 Å². The Hall–Kier alpha value is -2.40. The van der Waals surface area contributed by atoms with Gasteiger partial charge in [-0.3, -0.25) is 4.68 Å². The van der Waals surface area contributed by atoms with Crippen LogP contribution in [0.25, 0.3) is 11.3 Å². The van der Waals surface area contributed by atoms with Gasteiger partial charge in [0.05, 0.1) is 18.8 Å². The third kappa shape index (κ3) is 3.68. The molecule has 0 aliphatic rings. The lowest BCUT2D eigenvalue weighted by Gasteiger charge is -2.21. The van der Waals surface area contributed by atoms with Gasteiger partial charge < -0.3 is 9.84 Å². The molecular formula is C18H22N4O. The Morgan fingerprint density at radius 3 is 2.70 bits per heavy atom. The minimum absolute atomic E-state index is 0.263. The Bertz CT molecular complexity index is 747. The fraction of sp³-hybridized carbons (Fsp3) is 0.333. The van der Waals surface area contributed by atoms with Crippen molar-refractivity contribution in [3.63, 3.8) is 0 Å². The van der Waals surface area contributed by atoms with Crippen LogP contribution in [-0.4, -0.2) is 21.0 Å². The zero-order valence-corrected chi connectivity index (χ0v) is 13.7. The summed E-state index contributed by atoms with van der Waals surface area (Å²) in [6, 6.07) is 12.6. The minimum Gasteiger partial charge on any atom is -0.359 e. The van der Waals surface area contributed by atoms with Crippen molar-refractivity contribution in [1.82, 2.24) is 20.3 Å². The molecule has 1 N–H and O–H groups in total. The zero-order chi connectivity index (χ0) is 16.2. The first kappa shape index (κ1) is 15.5. The summed E-state index contributed by atoms with van der Waals surface area (Å²) in [5.41, 5.74) is 3.11. The van der Waals surface area contributed by atoms with Gasteiger partial charge in [-0.1, -0.05) is 35.5 Å². The quantitative estimate of drug-likeness (QED) is 0.756. The Morgan fingerprint density at radius 1 is 1.22 bits per heavy atom. The third-order valence-corrected chi connectivity index (χ3v) is 4.10. The maximum absolute atomic E-state index is 5.42. The van der Waals surface area contributed by atoms with Gasteiger partial charge in [0.1, 0.15) is 5.69 Å². The average Bonchev–Trinajstić information content (AvgIpc) is 3.22. The van der Waals surface area contributed by atoms with Crippen molar-refractivity contribution in [3.8, 4) is 11.3 Å². The number of rotatable bonds is 6. The summed E-state index contributed by atoms with van der Waals surface area (Å²) in [6.07, 6.45) is 3.94. The van der Waals surface area contributed by atoms with Crippen LogP contribution >= 0.6 is 0 Å². The lowest BCUT2D eigenvalue weighted by Crippen LogP contribution is -2.33. The minimum atomic E-state index is 0.263. The molecule has 0 fully saturated rings. The molecular weight excluding hydrogens is 288 g/mol. The monoisotopic (exact) mass is 310 g/mol. The Balaban J connectivity index is 1.59. The Kier molecular flexibility index (Phi) is 4.57. The number of hydrogen-bond donors (Lipinski definition) is 1. The molecule has 0 saturated heterocycles. The number of nitrogens with one attached hydrogen (secondary N) is 1. The predicted molar refractivity (Wildman–Crippen MR) is 89.9 cm³/mol. The molecule has 2 unspecified atom stereocenters. The van der Waals surface area contributed by atoms with E-state index in [0.29, 0.717) is 6.54 Å². The van der Waals surface area contributed by atoms with E-state index in [1.54, 1.807) is 0 Å². The summed E-state index contributed by atoms with van der Waals surface area (Å²) in [5, 5.41) is 12.0. The molecule has 120 valence electrons. The van der Waals surface area contributed by atoms with Crippen LogP contribution in [0.15, 0.2) is 53.3 Å². The van der Waals surface area contributed by atoms with E-state index >= 15 is 0 Å². The molecule has 0 bridgehead atoms. The Morgan fingerprint density at radius 2 is 2.00 bits per heavy atom. The smallest absolute Gasteiger partial charge is 0.151 e. The van der Waals surface area contributed by atoms with Crippen LogP contribution in [0.4, 0.5) is 0 Å². The molecule has 5 heteroatoms. The lowest BCUT2D eigenvalue weighted by molar-refractivity contribution is 0.330. The number of aromatic nitrogens is 3. The second kappa shape index (κ2) is 6.79. The highest BCUT2D eigenvalue weighted by Crippen LogP contribution is 2.19. The second-order valence-corrected chi connectivity index (χ2v) is 5.95. The van der Waals surface area contributed by atoms with E-state index < -0.39 is 0 Å². The van der Waals surface area contributed by atoms with Gasteiger partial charge in [-0.05, 0) is 26.3 Å². The number of aryl methyl sites for hydroxylation is 1. The van der Waals surface area contributed by atoms with E-state index in [4.69, 9.17) is 4.52 Å². The van der Waals surface area contributed by atoms with Gasteiger partial charge in [0.25, 0.3) is 0 Å². The maximum Gasteiger partial charge on any atom is 0.151 e. The summed E-state index contributed by atoms with van der Waals surface area (Å²) in [4.78, 5) is 0.